The Kier molecular flexibility index (Phi) is 6.03. The van der Waals surface area contributed by atoms with Crippen molar-refractivity contribution in [2.24, 2.45) is 0 Å². The summed E-state index contributed by atoms with van der Waals surface area (Å²) in [5, 5.41) is 8.66. The molecule has 1 N–H and O–H groups in total. The topological polar surface area (TPSA) is 37.3 Å². The van der Waals surface area contributed by atoms with Crippen molar-refractivity contribution in [1.29, 1.82) is 0 Å². The van der Waals surface area contributed by atoms with Crippen LogP contribution in [0.3, 0.4) is 0 Å². The van der Waals surface area contributed by atoms with Gasteiger partial charge in [-0.25, -0.2) is 4.79 Å². The van der Waals surface area contributed by atoms with Crippen molar-refractivity contribution in [2.45, 2.75) is 12.1 Å². The minimum atomic E-state index is -4.57. The van der Waals surface area contributed by atoms with E-state index in [0.717, 1.165) is 18.2 Å². The van der Waals surface area contributed by atoms with Gasteiger partial charge < -0.3 is 5.11 Å². The normalized spacial score (nSPS) is 13.2. The van der Waals surface area contributed by atoms with E-state index in [1.165, 1.54) is 30.3 Å². The van der Waals surface area contributed by atoms with Crippen LogP contribution < -0.4 is 0 Å². The molecule has 0 fully saturated rings. The molecular formula is C17H10Cl3F3O2. The van der Waals surface area contributed by atoms with Crippen LogP contribution >= 0.6 is 34.8 Å². The average molecular weight is 410 g/mol. The van der Waals surface area contributed by atoms with Gasteiger partial charge in [-0.05, 0) is 35.4 Å². The van der Waals surface area contributed by atoms with Crippen LogP contribution in [0.5, 0.6) is 0 Å². The molecule has 0 spiro atoms. The predicted molar refractivity (Wildman–Crippen MR) is 92.7 cm³/mol. The molecule has 132 valence electrons. The lowest BCUT2D eigenvalue weighted by Crippen LogP contribution is -2.19. The van der Waals surface area contributed by atoms with Crippen molar-refractivity contribution >= 4 is 46.8 Å². The first-order chi connectivity index (χ1) is 11.6. The van der Waals surface area contributed by atoms with Gasteiger partial charge in [-0.3, -0.25) is 0 Å². The molecule has 0 aromatic heterocycles. The minimum absolute atomic E-state index is 0.0127. The molecule has 2 aromatic rings. The van der Waals surface area contributed by atoms with E-state index in [2.05, 4.69) is 0 Å². The first kappa shape index (κ1) is 19.6. The first-order valence-corrected chi connectivity index (χ1v) is 7.95. The molecule has 2 aromatic carbocycles. The van der Waals surface area contributed by atoms with Crippen LogP contribution in [0.15, 0.2) is 42.5 Å². The van der Waals surface area contributed by atoms with E-state index in [0.29, 0.717) is 5.56 Å². The van der Waals surface area contributed by atoms with Crippen LogP contribution in [0.4, 0.5) is 13.2 Å². The van der Waals surface area contributed by atoms with Gasteiger partial charge in [0, 0.05) is 0 Å². The highest BCUT2D eigenvalue weighted by Gasteiger charge is 2.39. The molecule has 1 atom stereocenters. The molecule has 0 aliphatic heterocycles. The molecule has 1 unspecified atom stereocenters. The zero-order valence-corrected chi connectivity index (χ0v) is 14.6. The lowest BCUT2D eigenvalue weighted by atomic mass is 9.97. The number of alkyl halides is 3. The summed E-state index contributed by atoms with van der Waals surface area (Å²) < 4.78 is 40.2. The Morgan fingerprint density at radius 2 is 1.56 bits per heavy atom. The Labute approximate surface area is 156 Å². The number of halogens is 6. The van der Waals surface area contributed by atoms with Gasteiger partial charge in [-0.15, -0.1) is 0 Å². The maximum absolute atomic E-state index is 13.4. The second-order valence-electron chi connectivity index (χ2n) is 5.10. The minimum Gasteiger partial charge on any atom is -0.478 e. The molecule has 0 saturated carbocycles. The van der Waals surface area contributed by atoms with E-state index >= 15 is 0 Å². The molecule has 0 bridgehead atoms. The Morgan fingerprint density at radius 3 is 2.00 bits per heavy atom. The van der Waals surface area contributed by atoms with E-state index in [1.807, 2.05) is 0 Å². The maximum atomic E-state index is 13.4. The maximum Gasteiger partial charge on any atom is 0.399 e. The van der Waals surface area contributed by atoms with Crippen molar-refractivity contribution in [2.75, 3.05) is 0 Å². The number of carboxylic acids is 1. The molecule has 0 amide bonds. The lowest BCUT2D eigenvalue weighted by molar-refractivity contribution is -0.139. The zero-order chi connectivity index (χ0) is 18.8. The summed E-state index contributed by atoms with van der Waals surface area (Å²) in [6.07, 6.45) is -2.37. The highest BCUT2D eigenvalue weighted by atomic mass is 35.5. The van der Waals surface area contributed by atoms with Crippen molar-refractivity contribution in [3.63, 3.8) is 0 Å². The molecule has 25 heavy (non-hydrogen) atoms. The lowest BCUT2D eigenvalue weighted by Gasteiger charge is -2.18. The van der Waals surface area contributed by atoms with Gasteiger partial charge in [-0.2, -0.15) is 13.2 Å². The Balaban J connectivity index is 2.37. The molecule has 0 radical (unpaired) electrons. The molecule has 0 saturated heterocycles. The van der Waals surface area contributed by atoms with Gasteiger partial charge in [0.05, 0.1) is 26.5 Å². The fourth-order valence-electron chi connectivity index (χ4n) is 2.11. The van der Waals surface area contributed by atoms with Crippen molar-refractivity contribution in [3.8, 4) is 0 Å². The summed E-state index contributed by atoms with van der Waals surface area (Å²) in [5.41, 5.74) is 0.316. The summed E-state index contributed by atoms with van der Waals surface area (Å²) in [5.74, 6) is -3.06. The average Bonchev–Trinajstić information content (AvgIpc) is 2.51. The monoisotopic (exact) mass is 408 g/mol. The smallest absolute Gasteiger partial charge is 0.399 e. The molecule has 2 rings (SSSR count). The van der Waals surface area contributed by atoms with Crippen molar-refractivity contribution < 1.29 is 23.1 Å². The first-order valence-electron chi connectivity index (χ1n) is 6.82. The number of rotatable bonds is 4. The van der Waals surface area contributed by atoms with Crippen molar-refractivity contribution in [1.82, 2.24) is 0 Å². The zero-order valence-electron chi connectivity index (χ0n) is 12.3. The summed E-state index contributed by atoms with van der Waals surface area (Å²) >= 11 is 17.4. The number of benzene rings is 2. The number of aromatic carboxylic acids is 1. The number of carbonyl (C=O) groups is 1. The molecule has 0 aliphatic carbocycles. The fraction of sp³-hybridized carbons (Fsp3) is 0.118. The number of allylic oxidation sites excluding steroid dienone is 1. The van der Waals surface area contributed by atoms with Crippen LogP contribution in [0.25, 0.3) is 6.08 Å². The Hall–Kier alpha value is -1.69. The highest BCUT2D eigenvalue weighted by molar-refractivity contribution is 6.48. The van der Waals surface area contributed by atoms with Gasteiger partial charge in [-0.1, -0.05) is 59.1 Å². The van der Waals surface area contributed by atoms with Crippen LogP contribution in [0, 0.1) is 0 Å². The van der Waals surface area contributed by atoms with Gasteiger partial charge in [0.15, 0.2) is 0 Å². The van der Waals surface area contributed by atoms with Gasteiger partial charge >= 0.3 is 12.1 Å². The third kappa shape index (κ3) is 4.91. The SMILES string of the molecule is O=C(O)c1ccc(/C=C/C(c2cc(Cl)c(Cl)c(Cl)c2)C(F)(F)F)cc1. The third-order valence-electron chi connectivity index (χ3n) is 3.36. The van der Waals surface area contributed by atoms with E-state index in [4.69, 9.17) is 39.9 Å². The van der Waals surface area contributed by atoms with Crippen LogP contribution in [-0.2, 0) is 0 Å². The van der Waals surface area contributed by atoms with Crippen LogP contribution in [-0.4, -0.2) is 17.3 Å². The van der Waals surface area contributed by atoms with Crippen LogP contribution in [0.2, 0.25) is 15.1 Å². The largest absolute Gasteiger partial charge is 0.478 e. The van der Waals surface area contributed by atoms with E-state index < -0.39 is 18.1 Å². The van der Waals surface area contributed by atoms with Gasteiger partial charge in [0.2, 0.25) is 0 Å². The number of hydrogen-bond acceptors (Lipinski definition) is 1. The molecular weight excluding hydrogens is 400 g/mol. The molecule has 8 heteroatoms. The van der Waals surface area contributed by atoms with Crippen LogP contribution in [0.1, 0.15) is 27.4 Å². The second-order valence-corrected chi connectivity index (χ2v) is 6.30. The summed E-state index contributed by atoms with van der Waals surface area (Å²) in [4.78, 5) is 10.8. The van der Waals surface area contributed by atoms with E-state index in [-0.39, 0.29) is 26.2 Å². The number of carboxylic acid groups (broad SMARTS) is 1. The predicted octanol–water partition coefficient (Wildman–Crippen LogP) is 6.70. The second kappa shape index (κ2) is 7.68. The standard InChI is InChI=1S/C17H10Cl3F3O2/c18-13-7-11(8-14(19)15(13)20)12(17(21,22)23)6-3-9-1-4-10(5-2-9)16(24)25/h1-8,12H,(H,24,25)/b6-3+. The third-order valence-corrected chi connectivity index (χ3v) is 4.55. The van der Waals surface area contributed by atoms with Gasteiger partial charge in [0.1, 0.15) is 0 Å². The molecule has 0 heterocycles. The van der Waals surface area contributed by atoms with Gasteiger partial charge in [0.25, 0.3) is 0 Å². The molecule has 0 aliphatic rings. The quantitative estimate of drug-likeness (QED) is 0.570. The van der Waals surface area contributed by atoms with E-state index in [1.54, 1.807) is 0 Å². The highest BCUT2D eigenvalue weighted by Crippen LogP contribution is 2.41. The Bertz CT molecular complexity index is 792. The van der Waals surface area contributed by atoms with Crippen molar-refractivity contribution in [3.05, 3.63) is 74.2 Å². The number of hydrogen-bond donors (Lipinski definition) is 1. The fourth-order valence-corrected chi connectivity index (χ4v) is 2.72. The summed E-state index contributed by atoms with van der Waals surface area (Å²) in [6, 6.07) is 7.67. The Morgan fingerprint density at radius 1 is 1.04 bits per heavy atom. The van der Waals surface area contributed by atoms with E-state index in [9.17, 15) is 18.0 Å². The molecule has 2 nitrogen and oxygen atoms in total. The summed E-state index contributed by atoms with van der Waals surface area (Å²) in [7, 11) is 0. The summed E-state index contributed by atoms with van der Waals surface area (Å²) in [6.45, 7) is 0.